The molecule has 1 heterocycles. The number of thiophene rings is 1. The van der Waals surface area contributed by atoms with Crippen molar-refractivity contribution in [1.82, 2.24) is 4.72 Å². The van der Waals surface area contributed by atoms with Gasteiger partial charge >= 0.3 is 0 Å². The molecule has 0 fully saturated rings. The van der Waals surface area contributed by atoms with Crippen LogP contribution in [-0.2, 0) is 10.0 Å². The van der Waals surface area contributed by atoms with E-state index in [1.54, 1.807) is 25.1 Å². The van der Waals surface area contributed by atoms with E-state index < -0.39 is 10.0 Å². The van der Waals surface area contributed by atoms with E-state index in [0.717, 1.165) is 4.88 Å². The van der Waals surface area contributed by atoms with Crippen molar-refractivity contribution in [1.29, 1.82) is 0 Å². The normalized spacial score (nSPS) is 11.4. The molecule has 0 spiro atoms. The number of benzene rings is 1. The summed E-state index contributed by atoms with van der Waals surface area (Å²) in [6.45, 7) is 3.63. The van der Waals surface area contributed by atoms with Gasteiger partial charge in [-0.3, -0.25) is 4.79 Å². The molecular weight excluding hydrogens is 308 g/mol. The van der Waals surface area contributed by atoms with Crippen molar-refractivity contribution in [2.75, 3.05) is 12.4 Å². The molecule has 0 unspecified atom stereocenters. The van der Waals surface area contributed by atoms with Gasteiger partial charge in [0.05, 0.1) is 9.77 Å². The number of carbonyl (C=O) groups excluding carboxylic acids is 1. The van der Waals surface area contributed by atoms with Crippen molar-refractivity contribution in [3.8, 4) is 0 Å². The molecule has 0 bridgehead atoms. The number of amides is 1. The topological polar surface area (TPSA) is 75.3 Å². The van der Waals surface area contributed by atoms with Crippen molar-refractivity contribution in [2.24, 2.45) is 0 Å². The van der Waals surface area contributed by atoms with E-state index in [1.807, 2.05) is 13.0 Å². The van der Waals surface area contributed by atoms with Crippen LogP contribution in [0, 0.1) is 13.8 Å². The number of rotatable bonds is 4. The second kappa shape index (κ2) is 5.97. The van der Waals surface area contributed by atoms with E-state index in [4.69, 9.17) is 0 Å². The Balaban J connectivity index is 2.30. The van der Waals surface area contributed by atoms with Gasteiger partial charge in [0.25, 0.3) is 5.91 Å². The Morgan fingerprint density at radius 2 is 1.86 bits per heavy atom. The highest BCUT2D eigenvalue weighted by Crippen LogP contribution is 2.22. The largest absolute Gasteiger partial charge is 0.321 e. The van der Waals surface area contributed by atoms with Gasteiger partial charge in [0.15, 0.2) is 0 Å². The van der Waals surface area contributed by atoms with E-state index in [0.29, 0.717) is 16.1 Å². The fourth-order valence-corrected chi connectivity index (χ4v) is 3.58. The van der Waals surface area contributed by atoms with Crippen molar-refractivity contribution < 1.29 is 13.2 Å². The van der Waals surface area contributed by atoms with Gasteiger partial charge in [-0.1, -0.05) is 6.07 Å². The minimum absolute atomic E-state index is 0.158. The Hall–Kier alpha value is -1.70. The first-order valence-corrected chi connectivity index (χ1v) is 8.55. The molecule has 21 heavy (non-hydrogen) atoms. The van der Waals surface area contributed by atoms with Gasteiger partial charge in [-0.2, -0.15) is 0 Å². The lowest BCUT2D eigenvalue weighted by Crippen LogP contribution is -2.20. The highest BCUT2D eigenvalue weighted by Gasteiger charge is 2.16. The van der Waals surface area contributed by atoms with Crippen LogP contribution in [0.1, 0.15) is 20.1 Å². The van der Waals surface area contributed by atoms with Gasteiger partial charge < -0.3 is 5.32 Å². The minimum atomic E-state index is -3.55. The molecule has 1 aromatic carbocycles. The summed E-state index contributed by atoms with van der Waals surface area (Å²) in [5, 5.41) is 2.71. The summed E-state index contributed by atoms with van der Waals surface area (Å²) in [4.78, 5) is 13.9. The van der Waals surface area contributed by atoms with Crippen molar-refractivity contribution >= 4 is 33.0 Å². The number of nitrogens with one attached hydrogen (secondary N) is 2. The maximum Gasteiger partial charge on any atom is 0.265 e. The van der Waals surface area contributed by atoms with Crippen LogP contribution >= 0.6 is 11.3 Å². The number of aryl methyl sites for hydroxylation is 2. The van der Waals surface area contributed by atoms with Crippen LogP contribution in [0.4, 0.5) is 5.69 Å². The maximum atomic E-state index is 12.1. The summed E-state index contributed by atoms with van der Waals surface area (Å²) in [6.07, 6.45) is 0. The third kappa shape index (κ3) is 3.49. The predicted molar refractivity (Wildman–Crippen MR) is 84.4 cm³/mol. The first-order valence-electron chi connectivity index (χ1n) is 6.25. The zero-order valence-corrected chi connectivity index (χ0v) is 13.6. The van der Waals surface area contributed by atoms with Crippen LogP contribution < -0.4 is 10.0 Å². The molecule has 0 atom stereocenters. The molecule has 2 rings (SSSR count). The highest BCUT2D eigenvalue weighted by atomic mass is 32.2. The number of anilines is 1. The molecule has 112 valence electrons. The summed E-state index contributed by atoms with van der Waals surface area (Å²) in [5.41, 5.74) is 1.07. The number of sulfonamides is 1. The number of hydrogen-bond donors (Lipinski definition) is 2. The summed E-state index contributed by atoms with van der Waals surface area (Å²) in [7, 11) is -2.19. The van der Waals surface area contributed by atoms with Gasteiger partial charge in [0.1, 0.15) is 0 Å². The first-order chi connectivity index (χ1) is 9.83. The smallest absolute Gasteiger partial charge is 0.265 e. The fourth-order valence-electron chi connectivity index (χ4n) is 1.83. The van der Waals surface area contributed by atoms with Gasteiger partial charge in [0, 0.05) is 10.6 Å². The zero-order chi connectivity index (χ0) is 15.6. The van der Waals surface area contributed by atoms with Crippen LogP contribution in [0.25, 0.3) is 0 Å². The highest BCUT2D eigenvalue weighted by molar-refractivity contribution is 7.89. The average molecular weight is 324 g/mol. The lowest BCUT2D eigenvalue weighted by Gasteiger charge is -2.10. The Bertz CT molecular complexity index is 779. The molecule has 0 aliphatic carbocycles. The monoisotopic (exact) mass is 324 g/mol. The molecule has 1 aromatic heterocycles. The molecule has 2 aromatic rings. The Labute approximate surface area is 128 Å². The Morgan fingerprint density at radius 3 is 2.43 bits per heavy atom. The zero-order valence-electron chi connectivity index (χ0n) is 11.9. The van der Waals surface area contributed by atoms with E-state index in [-0.39, 0.29) is 10.8 Å². The van der Waals surface area contributed by atoms with E-state index >= 15 is 0 Å². The van der Waals surface area contributed by atoms with Gasteiger partial charge in [-0.05, 0) is 50.7 Å². The molecule has 0 aliphatic heterocycles. The number of hydrogen-bond acceptors (Lipinski definition) is 4. The molecule has 0 saturated carbocycles. The molecule has 0 saturated heterocycles. The van der Waals surface area contributed by atoms with E-state index in [1.165, 1.54) is 24.5 Å². The third-order valence-electron chi connectivity index (χ3n) is 2.97. The van der Waals surface area contributed by atoms with Gasteiger partial charge in [-0.25, -0.2) is 13.1 Å². The van der Waals surface area contributed by atoms with Crippen LogP contribution in [0.2, 0.25) is 0 Å². The van der Waals surface area contributed by atoms with Crippen LogP contribution in [-0.4, -0.2) is 21.4 Å². The van der Waals surface area contributed by atoms with Crippen LogP contribution in [0.5, 0.6) is 0 Å². The SMILES string of the molecule is CNS(=O)(=O)c1cc(NC(=O)c2ccc(C)s2)ccc1C. The molecular formula is C14H16N2O3S2. The molecule has 0 aliphatic rings. The predicted octanol–water partition coefficient (Wildman–Crippen LogP) is 2.53. The lowest BCUT2D eigenvalue weighted by atomic mass is 10.2. The van der Waals surface area contributed by atoms with E-state index in [9.17, 15) is 13.2 Å². The molecule has 5 nitrogen and oxygen atoms in total. The summed E-state index contributed by atoms with van der Waals surface area (Å²) < 4.78 is 26.1. The fraction of sp³-hybridized carbons (Fsp3) is 0.214. The molecule has 2 N–H and O–H groups in total. The van der Waals surface area contributed by atoms with Crippen molar-refractivity contribution in [3.05, 3.63) is 45.6 Å². The molecule has 7 heteroatoms. The summed E-state index contributed by atoms with van der Waals surface area (Å²) in [5.74, 6) is -0.246. The van der Waals surface area contributed by atoms with Crippen LogP contribution in [0.3, 0.4) is 0 Å². The Kier molecular flexibility index (Phi) is 4.46. The quantitative estimate of drug-likeness (QED) is 0.907. The lowest BCUT2D eigenvalue weighted by molar-refractivity contribution is 0.103. The summed E-state index contributed by atoms with van der Waals surface area (Å²) >= 11 is 1.39. The second-order valence-corrected chi connectivity index (χ2v) is 7.70. The van der Waals surface area contributed by atoms with Gasteiger partial charge in [0.2, 0.25) is 10.0 Å². The van der Waals surface area contributed by atoms with Crippen molar-refractivity contribution in [3.63, 3.8) is 0 Å². The maximum absolute atomic E-state index is 12.1. The third-order valence-corrected chi connectivity index (χ3v) is 5.52. The first kappa shape index (κ1) is 15.7. The molecule has 0 radical (unpaired) electrons. The van der Waals surface area contributed by atoms with Crippen molar-refractivity contribution in [2.45, 2.75) is 18.7 Å². The van der Waals surface area contributed by atoms with E-state index in [2.05, 4.69) is 10.0 Å². The van der Waals surface area contributed by atoms with Crippen LogP contribution in [0.15, 0.2) is 35.2 Å². The molecule has 1 amide bonds. The minimum Gasteiger partial charge on any atom is -0.321 e. The average Bonchev–Trinajstić information content (AvgIpc) is 2.87. The standard InChI is InChI=1S/C14H16N2O3S2/c1-9-4-6-11(8-13(9)21(18,19)15-3)16-14(17)12-7-5-10(2)20-12/h4-8,15H,1-3H3,(H,16,17). The van der Waals surface area contributed by atoms with Gasteiger partial charge in [-0.15, -0.1) is 11.3 Å². The number of carbonyl (C=O) groups is 1. The second-order valence-electron chi connectivity index (χ2n) is 4.55. The Morgan fingerprint density at radius 1 is 1.14 bits per heavy atom. The summed E-state index contributed by atoms with van der Waals surface area (Å²) in [6, 6.07) is 8.42.